The molecule has 1 aromatic carbocycles. The molecule has 0 unspecified atom stereocenters. The second-order valence-corrected chi connectivity index (χ2v) is 8.00. The number of nitrogens with one attached hydrogen (secondary N) is 1. The van der Waals surface area contributed by atoms with E-state index in [0.29, 0.717) is 23.3 Å². The highest BCUT2D eigenvalue weighted by atomic mass is 16.5. The lowest BCUT2D eigenvalue weighted by molar-refractivity contribution is -0.136. The highest BCUT2D eigenvalue weighted by Gasteiger charge is 2.58. The topological polar surface area (TPSA) is 41.6 Å². The van der Waals surface area contributed by atoms with E-state index in [2.05, 4.69) is 34.5 Å². The first-order valence-corrected chi connectivity index (χ1v) is 9.92. The number of carbonyl (C=O) groups excluding carboxylic acids is 1. The zero-order valence-electron chi connectivity index (χ0n) is 15.1. The maximum Gasteiger partial charge on any atom is 0.226 e. The average molecular weight is 342 g/mol. The first-order valence-electron chi connectivity index (χ1n) is 9.92. The summed E-state index contributed by atoms with van der Waals surface area (Å²) in [5.41, 5.74) is 1.68. The van der Waals surface area contributed by atoms with Crippen LogP contribution in [-0.2, 0) is 16.0 Å². The van der Waals surface area contributed by atoms with Crippen molar-refractivity contribution in [1.82, 2.24) is 10.2 Å². The molecule has 25 heavy (non-hydrogen) atoms. The third kappa shape index (κ3) is 3.90. The average Bonchev–Trinajstić information content (AvgIpc) is 3.36. The highest BCUT2D eigenvalue weighted by Crippen LogP contribution is 2.59. The molecule has 2 heterocycles. The summed E-state index contributed by atoms with van der Waals surface area (Å²) in [4.78, 5) is 14.9. The van der Waals surface area contributed by atoms with E-state index >= 15 is 0 Å². The molecule has 1 spiro atoms. The van der Waals surface area contributed by atoms with Crippen molar-refractivity contribution < 1.29 is 9.53 Å². The molecule has 4 nitrogen and oxygen atoms in total. The van der Waals surface area contributed by atoms with E-state index in [1.54, 1.807) is 0 Å². The minimum atomic E-state index is 0.310. The van der Waals surface area contributed by atoms with Crippen LogP contribution < -0.4 is 5.32 Å². The van der Waals surface area contributed by atoms with Crippen molar-refractivity contribution in [1.29, 1.82) is 0 Å². The van der Waals surface area contributed by atoms with Gasteiger partial charge in [-0.2, -0.15) is 0 Å². The molecule has 136 valence electrons. The van der Waals surface area contributed by atoms with Crippen LogP contribution in [0.2, 0.25) is 0 Å². The number of likely N-dealkylation sites (tertiary alicyclic amines) is 1. The maximum absolute atomic E-state index is 12.8. The molecule has 4 heteroatoms. The Labute approximate surface area is 150 Å². The van der Waals surface area contributed by atoms with Crippen molar-refractivity contribution in [2.24, 2.45) is 11.3 Å². The third-order valence-electron chi connectivity index (χ3n) is 6.43. The van der Waals surface area contributed by atoms with E-state index in [1.165, 1.54) is 18.4 Å². The van der Waals surface area contributed by atoms with Crippen LogP contribution in [-0.4, -0.2) is 49.7 Å². The van der Waals surface area contributed by atoms with E-state index in [9.17, 15) is 4.79 Å². The van der Waals surface area contributed by atoms with Crippen LogP contribution in [0.15, 0.2) is 30.3 Å². The zero-order chi connectivity index (χ0) is 17.1. The SMILES string of the molecule is O=C([C@@H]1CC12CCNCC2)N1CCC(OCCc2ccccc2)CC1. The van der Waals surface area contributed by atoms with Crippen molar-refractivity contribution in [3.8, 4) is 0 Å². The summed E-state index contributed by atoms with van der Waals surface area (Å²) in [6, 6.07) is 10.5. The summed E-state index contributed by atoms with van der Waals surface area (Å²) in [5.74, 6) is 0.731. The Morgan fingerprint density at radius 3 is 2.60 bits per heavy atom. The minimum Gasteiger partial charge on any atom is -0.378 e. The second kappa shape index (κ2) is 7.46. The Bertz CT molecular complexity index is 575. The summed E-state index contributed by atoms with van der Waals surface area (Å²) in [7, 11) is 0. The van der Waals surface area contributed by atoms with Crippen LogP contribution in [0.1, 0.15) is 37.7 Å². The van der Waals surface area contributed by atoms with Gasteiger partial charge in [-0.3, -0.25) is 4.79 Å². The van der Waals surface area contributed by atoms with Gasteiger partial charge in [0.25, 0.3) is 0 Å². The lowest BCUT2D eigenvalue weighted by Gasteiger charge is -2.33. The normalized spacial score (nSPS) is 25.9. The molecule has 1 amide bonds. The number of ether oxygens (including phenoxy) is 1. The molecule has 3 fully saturated rings. The van der Waals surface area contributed by atoms with E-state index < -0.39 is 0 Å². The van der Waals surface area contributed by atoms with Gasteiger partial charge in [-0.1, -0.05) is 30.3 Å². The predicted octanol–water partition coefficient (Wildman–Crippen LogP) is 2.63. The molecular formula is C21H30N2O2. The van der Waals surface area contributed by atoms with Crippen molar-refractivity contribution >= 4 is 5.91 Å². The van der Waals surface area contributed by atoms with Gasteiger partial charge in [-0.15, -0.1) is 0 Å². The molecule has 0 aromatic heterocycles. The van der Waals surface area contributed by atoms with Crippen LogP contribution in [0.25, 0.3) is 0 Å². The van der Waals surface area contributed by atoms with Crippen molar-refractivity contribution in [3.05, 3.63) is 35.9 Å². The van der Waals surface area contributed by atoms with Gasteiger partial charge in [0.05, 0.1) is 12.7 Å². The highest BCUT2D eigenvalue weighted by molar-refractivity contribution is 5.82. The van der Waals surface area contributed by atoms with Crippen molar-refractivity contribution in [3.63, 3.8) is 0 Å². The molecule has 1 aromatic rings. The molecular weight excluding hydrogens is 312 g/mol. The largest absolute Gasteiger partial charge is 0.378 e. The smallest absolute Gasteiger partial charge is 0.226 e. The number of amides is 1. The van der Waals surface area contributed by atoms with E-state index in [1.807, 2.05) is 6.07 Å². The fourth-order valence-corrected chi connectivity index (χ4v) is 4.63. The monoisotopic (exact) mass is 342 g/mol. The zero-order valence-corrected chi connectivity index (χ0v) is 15.1. The summed E-state index contributed by atoms with van der Waals surface area (Å²) in [6.45, 7) is 4.70. The van der Waals surface area contributed by atoms with Gasteiger partial charge >= 0.3 is 0 Å². The molecule has 1 saturated carbocycles. The Balaban J connectivity index is 1.18. The molecule has 1 aliphatic carbocycles. The molecule has 0 radical (unpaired) electrons. The minimum absolute atomic E-state index is 0.310. The van der Waals surface area contributed by atoms with Crippen LogP contribution in [0.5, 0.6) is 0 Å². The van der Waals surface area contributed by atoms with Gasteiger partial charge < -0.3 is 15.0 Å². The van der Waals surface area contributed by atoms with Crippen molar-refractivity contribution in [2.75, 3.05) is 32.8 Å². The Hall–Kier alpha value is -1.39. The van der Waals surface area contributed by atoms with Gasteiger partial charge in [0, 0.05) is 19.0 Å². The first kappa shape index (κ1) is 17.0. The number of benzene rings is 1. The first-order chi connectivity index (χ1) is 12.3. The summed E-state index contributed by atoms with van der Waals surface area (Å²) < 4.78 is 6.05. The Morgan fingerprint density at radius 2 is 1.88 bits per heavy atom. The van der Waals surface area contributed by atoms with Gasteiger partial charge in [0.15, 0.2) is 0 Å². The number of hydrogen-bond acceptors (Lipinski definition) is 3. The summed E-state index contributed by atoms with van der Waals surface area (Å²) >= 11 is 0. The predicted molar refractivity (Wildman–Crippen MR) is 98.3 cm³/mol. The summed E-state index contributed by atoms with van der Waals surface area (Å²) in [5, 5.41) is 3.42. The standard InChI is InChI=1S/C21H30N2O2/c24-20(19-16-21(19)9-11-22-12-10-21)23-13-6-18(7-14-23)25-15-8-17-4-2-1-3-5-17/h1-5,18-19,22H,6-16H2/t19-/m0/s1. The van der Waals surface area contributed by atoms with Gasteiger partial charge in [-0.05, 0) is 62.6 Å². The Morgan fingerprint density at radius 1 is 1.16 bits per heavy atom. The third-order valence-corrected chi connectivity index (χ3v) is 6.43. The number of rotatable bonds is 5. The maximum atomic E-state index is 12.8. The lowest BCUT2D eigenvalue weighted by Crippen LogP contribution is -2.43. The second-order valence-electron chi connectivity index (χ2n) is 8.00. The fraction of sp³-hybridized carbons (Fsp3) is 0.667. The van der Waals surface area contributed by atoms with Crippen LogP contribution >= 0.6 is 0 Å². The molecule has 2 saturated heterocycles. The van der Waals surface area contributed by atoms with E-state index in [0.717, 1.165) is 58.5 Å². The van der Waals surface area contributed by atoms with Crippen LogP contribution in [0.4, 0.5) is 0 Å². The number of carbonyl (C=O) groups is 1. The fourth-order valence-electron chi connectivity index (χ4n) is 4.63. The quantitative estimate of drug-likeness (QED) is 0.894. The lowest BCUT2D eigenvalue weighted by atomic mass is 9.91. The number of piperidine rings is 2. The molecule has 1 atom stereocenters. The molecule has 1 N–H and O–H groups in total. The molecule has 3 aliphatic rings. The summed E-state index contributed by atoms with van der Waals surface area (Å²) in [6.07, 6.45) is 6.76. The van der Waals surface area contributed by atoms with E-state index in [-0.39, 0.29) is 0 Å². The van der Waals surface area contributed by atoms with Gasteiger partial charge in [0.2, 0.25) is 5.91 Å². The molecule has 2 aliphatic heterocycles. The molecule has 4 rings (SSSR count). The van der Waals surface area contributed by atoms with Crippen LogP contribution in [0.3, 0.4) is 0 Å². The number of nitrogens with zero attached hydrogens (tertiary/aromatic N) is 1. The van der Waals surface area contributed by atoms with Crippen molar-refractivity contribution in [2.45, 2.75) is 44.6 Å². The van der Waals surface area contributed by atoms with Crippen LogP contribution in [0, 0.1) is 11.3 Å². The van der Waals surface area contributed by atoms with Gasteiger partial charge in [0.1, 0.15) is 0 Å². The van der Waals surface area contributed by atoms with Gasteiger partial charge in [-0.25, -0.2) is 0 Å². The number of hydrogen-bond donors (Lipinski definition) is 1. The van der Waals surface area contributed by atoms with E-state index in [4.69, 9.17) is 4.74 Å². The molecule has 0 bridgehead atoms. The Kier molecular flexibility index (Phi) is 5.09.